The highest BCUT2D eigenvalue weighted by atomic mass is 16.2. The van der Waals surface area contributed by atoms with E-state index in [2.05, 4.69) is 69.8 Å². The Bertz CT molecular complexity index is 1010. The molecule has 0 atom stereocenters. The zero-order chi connectivity index (χ0) is 21.6. The average Bonchev–Trinajstić information content (AvgIpc) is 2.79. The summed E-state index contributed by atoms with van der Waals surface area (Å²) in [4.78, 5) is 17.2. The molecule has 5 nitrogen and oxygen atoms in total. The Balaban J connectivity index is 1.25. The van der Waals surface area contributed by atoms with Crippen LogP contribution in [0.15, 0.2) is 72.8 Å². The van der Waals surface area contributed by atoms with E-state index in [4.69, 9.17) is 0 Å². The summed E-state index contributed by atoms with van der Waals surface area (Å²) >= 11 is 0. The van der Waals surface area contributed by atoms with Gasteiger partial charge >= 0.3 is 6.03 Å². The summed E-state index contributed by atoms with van der Waals surface area (Å²) in [7, 11) is 0. The molecule has 31 heavy (non-hydrogen) atoms. The van der Waals surface area contributed by atoms with E-state index in [-0.39, 0.29) is 6.03 Å². The van der Waals surface area contributed by atoms with Gasteiger partial charge in [-0.25, -0.2) is 4.79 Å². The van der Waals surface area contributed by atoms with Crippen molar-refractivity contribution in [2.24, 2.45) is 0 Å². The molecule has 3 aromatic carbocycles. The molecule has 0 unspecified atom stereocenters. The van der Waals surface area contributed by atoms with Gasteiger partial charge in [0.05, 0.1) is 0 Å². The highest BCUT2D eigenvalue weighted by molar-refractivity contribution is 5.99. The quantitative estimate of drug-likeness (QED) is 0.598. The maximum absolute atomic E-state index is 12.3. The van der Waals surface area contributed by atoms with Crippen LogP contribution in [0.2, 0.25) is 0 Å². The summed E-state index contributed by atoms with van der Waals surface area (Å²) in [5.74, 6) is 0. The molecule has 0 spiro atoms. The predicted molar refractivity (Wildman–Crippen MR) is 129 cm³/mol. The molecule has 1 aliphatic rings. The Morgan fingerprint density at radius 2 is 1.42 bits per heavy atom. The van der Waals surface area contributed by atoms with Gasteiger partial charge in [-0.15, -0.1) is 0 Å². The minimum Gasteiger partial charge on any atom is -0.369 e. The highest BCUT2D eigenvalue weighted by Crippen LogP contribution is 2.18. The molecule has 0 aromatic heterocycles. The second-order valence-electron chi connectivity index (χ2n) is 8.17. The van der Waals surface area contributed by atoms with E-state index in [1.807, 2.05) is 37.3 Å². The first-order chi connectivity index (χ1) is 15.1. The molecule has 2 N–H and O–H groups in total. The Morgan fingerprint density at radius 1 is 0.774 bits per heavy atom. The second-order valence-corrected chi connectivity index (χ2v) is 8.17. The van der Waals surface area contributed by atoms with Crippen LogP contribution in [0, 0.1) is 13.8 Å². The lowest BCUT2D eigenvalue weighted by Crippen LogP contribution is -2.45. The number of benzene rings is 3. The van der Waals surface area contributed by atoms with Crippen LogP contribution < -0.4 is 15.5 Å². The number of aryl methyl sites for hydroxylation is 2. The molecule has 5 heteroatoms. The van der Waals surface area contributed by atoms with E-state index in [0.29, 0.717) is 0 Å². The van der Waals surface area contributed by atoms with Crippen molar-refractivity contribution in [2.45, 2.75) is 20.4 Å². The number of hydrogen-bond acceptors (Lipinski definition) is 3. The predicted octanol–water partition coefficient (Wildman–Crippen LogP) is 5.27. The molecule has 4 rings (SSSR count). The van der Waals surface area contributed by atoms with Gasteiger partial charge in [-0.2, -0.15) is 0 Å². The monoisotopic (exact) mass is 414 g/mol. The van der Waals surface area contributed by atoms with Crippen molar-refractivity contribution in [2.75, 3.05) is 41.7 Å². The number of para-hydroxylation sites is 1. The Morgan fingerprint density at radius 3 is 2.10 bits per heavy atom. The molecular weight excluding hydrogens is 384 g/mol. The molecule has 1 aliphatic heterocycles. The third kappa shape index (κ3) is 5.64. The third-order valence-corrected chi connectivity index (χ3v) is 5.88. The number of carbonyl (C=O) groups is 1. The first-order valence-electron chi connectivity index (χ1n) is 10.8. The zero-order valence-corrected chi connectivity index (χ0v) is 18.3. The van der Waals surface area contributed by atoms with Crippen molar-refractivity contribution in [3.63, 3.8) is 0 Å². The van der Waals surface area contributed by atoms with Crippen LogP contribution in [0.5, 0.6) is 0 Å². The Kier molecular flexibility index (Phi) is 6.53. The van der Waals surface area contributed by atoms with E-state index in [1.165, 1.54) is 16.8 Å². The van der Waals surface area contributed by atoms with Gasteiger partial charge in [0.25, 0.3) is 0 Å². The van der Waals surface area contributed by atoms with Crippen molar-refractivity contribution < 1.29 is 4.79 Å². The number of piperazine rings is 1. The molecule has 2 amide bonds. The first kappa shape index (κ1) is 20.9. The van der Waals surface area contributed by atoms with Crippen LogP contribution in [0.1, 0.15) is 16.7 Å². The van der Waals surface area contributed by atoms with Crippen LogP contribution >= 0.6 is 0 Å². The minimum absolute atomic E-state index is 0.229. The normalized spacial score (nSPS) is 14.3. The second kappa shape index (κ2) is 9.67. The smallest absolute Gasteiger partial charge is 0.323 e. The molecular formula is C26H30N4O. The Labute approximate surface area is 184 Å². The van der Waals surface area contributed by atoms with Gasteiger partial charge in [0.15, 0.2) is 0 Å². The standard InChI is InChI=1S/C26H30N4O/c1-20-8-11-24(18-21(20)2)28-26(31)27-23-12-9-22(10-13-23)19-29-14-16-30(17-15-29)25-6-4-3-5-7-25/h3-13,18H,14-17,19H2,1-2H3,(H2,27,28,31). The first-order valence-corrected chi connectivity index (χ1v) is 10.8. The fourth-order valence-electron chi connectivity index (χ4n) is 3.87. The number of carbonyl (C=O) groups excluding carboxylic acids is 1. The van der Waals surface area contributed by atoms with Gasteiger partial charge in [0.1, 0.15) is 0 Å². The average molecular weight is 415 g/mol. The number of hydrogen-bond donors (Lipinski definition) is 2. The van der Waals surface area contributed by atoms with Crippen LogP contribution in [0.25, 0.3) is 0 Å². The Hall–Kier alpha value is -3.31. The van der Waals surface area contributed by atoms with Crippen LogP contribution in [-0.4, -0.2) is 37.1 Å². The van der Waals surface area contributed by atoms with E-state index in [9.17, 15) is 4.79 Å². The molecule has 160 valence electrons. The summed E-state index contributed by atoms with van der Waals surface area (Å²) in [5, 5.41) is 5.80. The van der Waals surface area contributed by atoms with Gasteiger partial charge in [0.2, 0.25) is 0 Å². The van der Waals surface area contributed by atoms with Crippen LogP contribution in [0.4, 0.5) is 21.9 Å². The molecule has 0 radical (unpaired) electrons. The van der Waals surface area contributed by atoms with Crippen molar-refractivity contribution in [3.8, 4) is 0 Å². The molecule has 0 aliphatic carbocycles. The lowest BCUT2D eigenvalue weighted by Gasteiger charge is -2.36. The number of urea groups is 1. The molecule has 0 saturated carbocycles. The zero-order valence-electron chi connectivity index (χ0n) is 18.3. The SMILES string of the molecule is Cc1ccc(NC(=O)Nc2ccc(CN3CCN(c4ccccc4)CC3)cc2)cc1C. The summed E-state index contributed by atoms with van der Waals surface area (Å²) in [5.41, 5.74) is 6.52. The van der Waals surface area contributed by atoms with Gasteiger partial charge in [0, 0.05) is 49.8 Å². The number of anilines is 3. The number of nitrogens with one attached hydrogen (secondary N) is 2. The van der Waals surface area contributed by atoms with Gasteiger partial charge in [-0.05, 0) is 66.9 Å². The van der Waals surface area contributed by atoms with Gasteiger partial charge in [-0.3, -0.25) is 4.90 Å². The number of nitrogens with zero attached hydrogens (tertiary/aromatic N) is 2. The minimum atomic E-state index is -0.229. The molecule has 3 aromatic rings. The third-order valence-electron chi connectivity index (χ3n) is 5.88. The molecule has 1 heterocycles. The summed E-state index contributed by atoms with van der Waals surface area (Å²) in [6, 6.07) is 24.4. The summed E-state index contributed by atoms with van der Waals surface area (Å²) < 4.78 is 0. The highest BCUT2D eigenvalue weighted by Gasteiger charge is 2.17. The van der Waals surface area contributed by atoms with Crippen LogP contribution in [0.3, 0.4) is 0 Å². The van der Waals surface area contributed by atoms with E-state index in [1.54, 1.807) is 0 Å². The van der Waals surface area contributed by atoms with Crippen molar-refractivity contribution in [1.82, 2.24) is 4.90 Å². The molecule has 1 fully saturated rings. The molecule has 1 saturated heterocycles. The van der Waals surface area contributed by atoms with E-state index < -0.39 is 0 Å². The summed E-state index contributed by atoms with van der Waals surface area (Å²) in [6.45, 7) is 9.21. The van der Waals surface area contributed by atoms with Crippen LogP contribution in [-0.2, 0) is 6.54 Å². The maximum atomic E-state index is 12.3. The number of amides is 2. The van der Waals surface area contributed by atoms with Gasteiger partial charge < -0.3 is 15.5 Å². The lowest BCUT2D eigenvalue weighted by molar-refractivity contribution is 0.250. The number of rotatable bonds is 5. The fourth-order valence-corrected chi connectivity index (χ4v) is 3.87. The van der Waals surface area contributed by atoms with Gasteiger partial charge in [-0.1, -0.05) is 36.4 Å². The van der Waals surface area contributed by atoms with Crippen molar-refractivity contribution >= 4 is 23.1 Å². The largest absolute Gasteiger partial charge is 0.369 e. The van der Waals surface area contributed by atoms with E-state index >= 15 is 0 Å². The van der Waals surface area contributed by atoms with E-state index in [0.717, 1.165) is 49.7 Å². The van der Waals surface area contributed by atoms with Crippen molar-refractivity contribution in [3.05, 3.63) is 89.5 Å². The lowest BCUT2D eigenvalue weighted by atomic mass is 10.1. The fraction of sp³-hybridized carbons (Fsp3) is 0.269. The summed E-state index contributed by atoms with van der Waals surface area (Å²) in [6.07, 6.45) is 0. The van der Waals surface area contributed by atoms with Crippen molar-refractivity contribution in [1.29, 1.82) is 0 Å². The molecule has 0 bridgehead atoms. The topological polar surface area (TPSA) is 47.6 Å². The maximum Gasteiger partial charge on any atom is 0.323 e.